The van der Waals surface area contributed by atoms with Crippen molar-refractivity contribution in [3.05, 3.63) is 34.9 Å². The minimum Gasteiger partial charge on any atom is -0.367 e. The predicted octanol–water partition coefficient (Wildman–Crippen LogP) is 1.85. The molecule has 1 aromatic rings. The third kappa shape index (κ3) is 2.43. The van der Waals surface area contributed by atoms with E-state index in [2.05, 4.69) is 4.90 Å². The Bertz CT molecular complexity index is 394. The molecule has 3 nitrogen and oxygen atoms in total. The minimum absolute atomic E-state index is 0.0304. The van der Waals surface area contributed by atoms with Crippen LogP contribution in [0.4, 0.5) is 0 Å². The van der Waals surface area contributed by atoms with Gasteiger partial charge in [0, 0.05) is 18.7 Å². The number of carbonyl (C=O) groups is 1. The van der Waals surface area contributed by atoms with Crippen molar-refractivity contribution in [2.24, 2.45) is 0 Å². The highest BCUT2D eigenvalue weighted by Gasteiger charge is 2.26. The maximum Gasteiger partial charge on any atom is 0.194 e. The first kappa shape index (κ1) is 11.6. The van der Waals surface area contributed by atoms with Crippen molar-refractivity contribution in [3.63, 3.8) is 0 Å². The number of likely N-dealkylation sites (N-methyl/N-ethyl adjacent to an activating group) is 1. The summed E-state index contributed by atoms with van der Waals surface area (Å²) in [5.41, 5.74) is 0.546. The van der Waals surface area contributed by atoms with E-state index in [1.165, 1.54) is 0 Å². The van der Waals surface area contributed by atoms with Crippen molar-refractivity contribution < 1.29 is 9.53 Å². The molecule has 0 bridgehead atoms. The number of ether oxygens (including phenoxy) is 1. The Labute approximate surface area is 100.0 Å². The van der Waals surface area contributed by atoms with E-state index < -0.39 is 6.10 Å². The van der Waals surface area contributed by atoms with Gasteiger partial charge in [-0.25, -0.2) is 0 Å². The minimum atomic E-state index is -0.390. The molecule has 0 spiro atoms. The molecule has 1 atom stereocenters. The number of benzene rings is 1. The summed E-state index contributed by atoms with van der Waals surface area (Å²) in [6.07, 6.45) is -0.390. The van der Waals surface area contributed by atoms with Gasteiger partial charge in [0.25, 0.3) is 0 Å². The van der Waals surface area contributed by atoms with Gasteiger partial charge in [-0.15, -0.1) is 0 Å². The second-order valence-corrected chi connectivity index (χ2v) is 4.37. The quantitative estimate of drug-likeness (QED) is 0.738. The normalized spacial score (nSPS) is 22.0. The van der Waals surface area contributed by atoms with Gasteiger partial charge in [-0.2, -0.15) is 0 Å². The van der Waals surface area contributed by atoms with Crippen molar-refractivity contribution >= 4 is 17.4 Å². The van der Waals surface area contributed by atoms with Crippen LogP contribution in [0.15, 0.2) is 24.3 Å². The zero-order valence-corrected chi connectivity index (χ0v) is 9.91. The molecule has 86 valence electrons. The lowest BCUT2D eigenvalue weighted by Crippen LogP contribution is -2.44. The zero-order valence-electron chi connectivity index (χ0n) is 9.15. The highest BCUT2D eigenvalue weighted by atomic mass is 35.5. The number of carbonyl (C=O) groups excluding carboxylic acids is 1. The summed E-state index contributed by atoms with van der Waals surface area (Å²) in [6, 6.07) is 7.09. The predicted molar refractivity (Wildman–Crippen MR) is 63.0 cm³/mol. The third-order valence-electron chi connectivity index (χ3n) is 2.70. The van der Waals surface area contributed by atoms with Crippen LogP contribution in [0.3, 0.4) is 0 Å². The molecule has 1 unspecified atom stereocenters. The number of nitrogens with zero attached hydrogens (tertiary/aromatic N) is 1. The number of halogens is 1. The maximum atomic E-state index is 12.1. The molecule has 0 aliphatic carbocycles. The average Bonchev–Trinajstić information content (AvgIpc) is 2.29. The topological polar surface area (TPSA) is 29.5 Å². The molecule has 1 saturated heterocycles. The van der Waals surface area contributed by atoms with E-state index >= 15 is 0 Å². The average molecular weight is 240 g/mol. The Kier molecular flexibility index (Phi) is 3.59. The van der Waals surface area contributed by atoms with Crippen LogP contribution in [0.25, 0.3) is 0 Å². The lowest BCUT2D eigenvalue weighted by molar-refractivity contribution is -0.00861. The van der Waals surface area contributed by atoms with Gasteiger partial charge in [0.2, 0.25) is 0 Å². The first-order chi connectivity index (χ1) is 7.68. The highest BCUT2D eigenvalue weighted by Crippen LogP contribution is 2.19. The van der Waals surface area contributed by atoms with E-state index in [4.69, 9.17) is 16.3 Å². The van der Waals surface area contributed by atoms with Gasteiger partial charge < -0.3 is 9.64 Å². The Balaban J connectivity index is 2.16. The number of rotatable bonds is 2. The Morgan fingerprint density at radius 2 is 2.25 bits per heavy atom. The number of Topliss-reactive ketones (excluding diaryl/α,β-unsaturated/α-hetero) is 1. The maximum absolute atomic E-state index is 12.1. The number of ketones is 1. The summed E-state index contributed by atoms with van der Waals surface area (Å²) in [7, 11) is 1.98. The zero-order chi connectivity index (χ0) is 11.5. The van der Waals surface area contributed by atoms with Crippen LogP contribution in [0.2, 0.25) is 5.02 Å². The van der Waals surface area contributed by atoms with Gasteiger partial charge in [0.1, 0.15) is 6.10 Å². The highest BCUT2D eigenvalue weighted by molar-refractivity contribution is 6.34. The number of morpholine rings is 1. The molecule has 1 aromatic carbocycles. The van der Waals surface area contributed by atoms with E-state index in [-0.39, 0.29) is 5.78 Å². The molecule has 1 aliphatic heterocycles. The summed E-state index contributed by atoms with van der Waals surface area (Å²) in [6.45, 7) is 2.09. The van der Waals surface area contributed by atoms with Gasteiger partial charge in [-0.05, 0) is 19.2 Å². The van der Waals surface area contributed by atoms with E-state index in [9.17, 15) is 4.79 Å². The van der Waals surface area contributed by atoms with Gasteiger partial charge in [-0.1, -0.05) is 23.7 Å². The van der Waals surface area contributed by atoms with Crippen LogP contribution >= 0.6 is 11.6 Å². The first-order valence-corrected chi connectivity index (χ1v) is 5.65. The second-order valence-electron chi connectivity index (χ2n) is 3.97. The van der Waals surface area contributed by atoms with Crippen molar-refractivity contribution in [2.75, 3.05) is 26.7 Å². The fourth-order valence-corrected chi connectivity index (χ4v) is 2.00. The fraction of sp³-hybridized carbons (Fsp3) is 0.417. The van der Waals surface area contributed by atoms with Crippen LogP contribution in [0.5, 0.6) is 0 Å². The van der Waals surface area contributed by atoms with Gasteiger partial charge in [0.05, 0.1) is 11.6 Å². The molecule has 1 fully saturated rings. The van der Waals surface area contributed by atoms with E-state index in [1.54, 1.807) is 12.1 Å². The van der Waals surface area contributed by atoms with Crippen molar-refractivity contribution in [1.82, 2.24) is 4.90 Å². The van der Waals surface area contributed by atoms with Crippen LogP contribution in [0.1, 0.15) is 10.4 Å². The first-order valence-electron chi connectivity index (χ1n) is 5.27. The van der Waals surface area contributed by atoms with Crippen molar-refractivity contribution in [3.8, 4) is 0 Å². The monoisotopic (exact) mass is 239 g/mol. The summed E-state index contributed by atoms with van der Waals surface area (Å²) in [5, 5.41) is 0.490. The molecule has 1 aliphatic rings. The van der Waals surface area contributed by atoms with Crippen molar-refractivity contribution in [2.45, 2.75) is 6.10 Å². The second kappa shape index (κ2) is 4.95. The van der Waals surface area contributed by atoms with E-state index in [0.717, 1.165) is 6.54 Å². The molecular formula is C12H14ClNO2. The van der Waals surface area contributed by atoms with Gasteiger partial charge in [-0.3, -0.25) is 4.79 Å². The smallest absolute Gasteiger partial charge is 0.194 e. The molecule has 1 heterocycles. The Morgan fingerprint density at radius 1 is 1.50 bits per heavy atom. The molecule has 0 radical (unpaired) electrons. The number of hydrogen-bond acceptors (Lipinski definition) is 3. The largest absolute Gasteiger partial charge is 0.367 e. The molecule has 0 aromatic heterocycles. The fourth-order valence-electron chi connectivity index (χ4n) is 1.77. The molecule has 2 rings (SSSR count). The molecule has 0 N–H and O–H groups in total. The lowest BCUT2D eigenvalue weighted by Gasteiger charge is -2.29. The van der Waals surface area contributed by atoms with E-state index in [0.29, 0.717) is 23.7 Å². The summed E-state index contributed by atoms with van der Waals surface area (Å²) in [4.78, 5) is 14.2. The molecule has 0 amide bonds. The molecule has 0 saturated carbocycles. The molecule has 16 heavy (non-hydrogen) atoms. The van der Waals surface area contributed by atoms with Crippen LogP contribution in [0, 0.1) is 0 Å². The van der Waals surface area contributed by atoms with Crippen molar-refractivity contribution in [1.29, 1.82) is 0 Å². The number of hydrogen-bond donors (Lipinski definition) is 0. The Morgan fingerprint density at radius 3 is 2.94 bits per heavy atom. The van der Waals surface area contributed by atoms with Gasteiger partial charge >= 0.3 is 0 Å². The third-order valence-corrected chi connectivity index (χ3v) is 3.03. The Hall–Kier alpha value is -0.900. The van der Waals surface area contributed by atoms with E-state index in [1.807, 2.05) is 19.2 Å². The SMILES string of the molecule is CN1CCOC(C(=O)c2ccccc2Cl)C1. The summed E-state index contributed by atoms with van der Waals surface area (Å²) < 4.78 is 5.47. The van der Waals surface area contributed by atoms with Crippen LogP contribution in [-0.4, -0.2) is 43.5 Å². The lowest BCUT2D eigenvalue weighted by atomic mass is 10.1. The van der Waals surface area contributed by atoms with Crippen LogP contribution in [-0.2, 0) is 4.74 Å². The van der Waals surface area contributed by atoms with Gasteiger partial charge in [0.15, 0.2) is 5.78 Å². The summed E-state index contributed by atoms with van der Waals surface area (Å²) >= 11 is 5.98. The molecular weight excluding hydrogens is 226 g/mol. The van der Waals surface area contributed by atoms with Crippen LogP contribution < -0.4 is 0 Å². The molecule has 4 heteroatoms. The summed E-state index contributed by atoms with van der Waals surface area (Å²) in [5.74, 6) is -0.0304. The standard InChI is InChI=1S/C12H14ClNO2/c1-14-6-7-16-11(8-14)12(15)9-4-2-3-5-10(9)13/h2-5,11H,6-8H2,1H3.